The first-order valence-electron chi connectivity index (χ1n) is 7.50. The lowest BCUT2D eigenvalue weighted by atomic mass is 9.69. The van der Waals surface area contributed by atoms with Crippen LogP contribution in [-0.4, -0.2) is 31.4 Å². The molecule has 1 saturated carbocycles. The van der Waals surface area contributed by atoms with Gasteiger partial charge in [0, 0.05) is 11.6 Å². The van der Waals surface area contributed by atoms with E-state index in [1.165, 1.54) is 7.11 Å². The molecule has 3 rings (SSSR count). The minimum Gasteiger partial charge on any atom is -0.495 e. The van der Waals surface area contributed by atoms with Crippen LogP contribution in [0.5, 0.6) is 17.2 Å². The summed E-state index contributed by atoms with van der Waals surface area (Å²) in [5, 5.41) is 10.3. The molecular formula is C16H19ClO5. The normalized spacial score (nSPS) is 19.5. The number of carbonyl (C=O) groups is 1. The van der Waals surface area contributed by atoms with Crippen molar-refractivity contribution in [3.8, 4) is 17.2 Å². The van der Waals surface area contributed by atoms with E-state index in [4.69, 9.17) is 25.8 Å². The molecule has 0 atom stereocenters. The van der Waals surface area contributed by atoms with Crippen LogP contribution in [-0.2, 0) is 10.2 Å². The van der Waals surface area contributed by atoms with Gasteiger partial charge >= 0.3 is 5.97 Å². The number of benzene rings is 1. The van der Waals surface area contributed by atoms with Crippen molar-refractivity contribution in [3.05, 3.63) is 16.7 Å². The SMILES string of the molecule is COc1cc2c(c(C3(C(=O)O)CCCCC3)c1Cl)OCCO2. The van der Waals surface area contributed by atoms with Gasteiger partial charge in [-0.2, -0.15) is 0 Å². The lowest BCUT2D eigenvalue weighted by molar-refractivity contribution is -0.145. The fraction of sp³-hybridized carbons (Fsp3) is 0.562. The Hall–Kier alpha value is -1.62. The van der Waals surface area contributed by atoms with E-state index in [1.807, 2.05) is 0 Å². The molecule has 1 fully saturated rings. The van der Waals surface area contributed by atoms with Crippen molar-refractivity contribution >= 4 is 17.6 Å². The molecule has 1 aromatic carbocycles. The van der Waals surface area contributed by atoms with Crippen LogP contribution in [0.4, 0.5) is 0 Å². The number of fused-ring (bicyclic) bond motifs is 1. The third kappa shape index (κ3) is 2.28. The Morgan fingerprint density at radius 2 is 1.95 bits per heavy atom. The molecule has 0 radical (unpaired) electrons. The van der Waals surface area contributed by atoms with Gasteiger partial charge in [0.25, 0.3) is 0 Å². The van der Waals surface area contributed by atoms with Crippen molar-refractivity contribution in [2.24, 2.45) is 0 Å². The van der Waals surface area contributed by atoms with E-state index in [1.54, 1.807) is 6.07 Å². The first-order valence-corrected chi connectivity index (χ1v) is 7.88. The van der Waals surface area contributed by atoms with Gasteiger partial charge in [-0.25, -0.2) is 0 Å². The first-order chi connectivity index (χ1) is 10.6. The largest absolute Gasteiger partial charge is 0.495 e. The molecule has 0 amide bonds. The van der Waals surface area contributed by atoms with Gasteiger partial charge in [-0.3, -0.25) is 4.79 Å². The predicted octanol–water partition coefficient (Wildman–Crippen LogP) is 3.41. The highest BCUT2D eigenvalue weighted by Crippen LogP contribution is 2.53. The minimum absolute atomic E-state index is 0.316. The van der Waals surface area contributed by atoms with Crippen molar-refractivity contribution in [2.75, 3.05) is 20.3 Å². The number of aliphatic carboxylic acids is 1. The molecule has 1 heterocycles. The van der Waals surface area contributed by atoms with Crippen LogP contribution in [0.25, 0.3) is 0 Å². The summed E-state index contributed by atoms with van der Waals surface area (Å²) in [6.07, 6.45) is 3.84. The fourth-order valence-electron chi connectivity index (χ4n) is 3.44. The Kier molecular flexibility index (Phi) is 4.08. The lowest BCUT2D eigenvalue weighted by Crippen LogP contribution is -2.39. The number of carboxylic acid groups (broad SMARTS) is 1. The standard InChI is InChI=1S/C16H19ClO5/c1-20-10-9-11-14(22-8-7-21-11)12(13(10)17)16(15(18)19)5-3-2-4-6-16/h9H,2-8H2,1H3,(H,18,19). The van der Waals surface area contributed by atoms with Gasteiger partial charge in [0.1, 0.15) is 19.0 Å². The summed E-state index contributed by atoms with van der Waals surface area (Å²) in [7, 11) is 1.51. The molecule has 0 aromatic heterocycles. The molecule has 0 bridgehead atoms. The Morgan fingerprint density at radius 3 is 2.59 bits per heavy atom. The molecule has 1 aliphatic carbocycles. The van der Waals surface area contributed by atoms with E-state index in [0.717, 1.165) is 19.3 Å². The van der Waals surface area contributed by atoms with E-state index < -0.39 is 11.4 Å². The quantitative estimate of drug-likeness (QED) is 0.922. The highest BCUT2D eigenvalue weighted by Gasteiger charge is 2.47. The monoisotopic (exact) mass is 326 g/mol. The number of hydrogen-bond acceptors (Lipinski definition) is 4. The summed E-state index contributed by atoms with van der Waals surface area (Å²) >= 11 is 6.49. The lowest BCUT2D eigenvalue weighted by Gasteiger charge is -2.37. The van der Waals surface area contributed by atoms with E-state index in [9.17, 15) is 9.90 Å². The molecule has 1 aliphatic heterocycles. The van der Waals surface area contributed by atoms with E-state index in [2.05, 4.69) is 0 Å². The van der Waals surface area contributed by atoms with E-state index in [-0.39, 0.29) is 0 Å². The summed E-state index contributed by atoms with van der Waals surface area (Å²) in [4.78, 5) is 12.1. The second-order valence-corrected chi connectivity index (χ2v) is 6.12. The average Bonchev–Trinajstić information content (AvgIpc) is 2.54. The fourth-order valence-corrected chi connectivity index (χ4v) is 3.84. The van der Waals surface area contributed by atoms with Gasteiger partial charge in [0.15, 0.2) is 11.5 Å². The zero-order valence-electron chi connectivity index (χ0n) is 12.5. The highest BCUT2D eigenvalue weighted by atomic mass is 35.5. The minimum atomic E-state index is -1.03. The Morgan fingerprint density at radius 1 is 1.27 bits per heavy atom. The van der Waals surface area contributed by atoms with Crippen molar-refractivity contribution in [1.29, 1.82) is 0 Å². The van der Waals surface area contributed by atoms with Crippen molar-refractivity contribution in [3.63, 3.8) is 0 Å². The summed E-state index contributed by atoms with van der Waals surface area (Å²) < 4.78 is 16.7. The molecule has 1 N–H and O–H groups in total. The van der Waals surface area contributed by atoms with Crippen LogP contribution in [0.15, 0.2) is 6.07 Å². The molecule has 5 nitrogen and oxygen atoms in total. The van der Waals surface area contributed by atoms with Gasteiger partial charge in [-0.15, -0.1) is 0 Å². The second kappa shape index (κ2) is 5.88. The number of ether oxygens (including phenoxy) is 3. The van der Waals surface area contributed by atoms with Crippen LogP contribution in [0.1, 0.15) is 37.7 Å². The van der Waals surface area contributed by atoms with Gasteiger partial charge in [0.2, 0.25) is 0 Å². The smallest absolute Gasteiger partial charge is 0.314 e. The van der Waals surface area contributed by atoms with E-state index in [0.29, 0.717) is 53.9 Å². The molecular weight excluding hydrogens is 308 g/mol. The third-order valence-corrected chi connectivity index (χ3v) is 4.93. The van der Waals surface area contributed by atoms with Crippen LogP contribution in [0.2, 0.25) is 5.02 Å². The number of carboxylic acids is 1. The first kappa shape index (κ1) is 15.3. The number of methoxy groups -OCH3 is 1. The Bertz CT molecular complexity index is 593. The Labute approximate surface area is 134 Å². The van der Waals surface area contributed by atoms with E-state index >= 15 is 0 Å². The maximum atomic E-state index is 12.1. The molecule has 1 aromatic rings. The molecule has 2 aliphatic rings. The molecule has 120 valence electrons. The van der Waals surface area contributed by atoms with Gasteiger partial charge in [-0.1, -0.05) is 30.9 Å². The number of hydrogen-bond donors (Lipinski definition) is 1. The summed E-state index contributed by atoms with van der Waals surface area (Å²) in [6.45, 7) is 0.815. The highest BCUT2D eigenvalue weighted by molar-refractivity contribution is 6.33. The number of rotatable bonds is 3. The molecule has 0 saturated heterocycles. The van der Waals surface area contributed by atoms with Crippen molar-refractivity contribution in [1.82, 2.24) is 0 Å². The average molecular weight is 327 g/mol. The van der Waals surface area contributed by atoms with Gasteiger partial charge < -0.3 is 19.3 Å². The maximum Gasteiger partial charge on any atom is 0.314 e. The van der Waals surface area contributed by atoms with Crippen LogP contribution in [0.3, 0.4) is 0 Å². The van der Waals surface area contributed by atoms with Crippen LogP contribution >= 0.6 is 11.6 Å². The zero-order valence-corrected chi connectivity index (χ0v) is 13.2. The maximum absolute atomic E-state index is 12.1. The molecule has 6 heteroatoms. The Balaban J connectivity index is 2.25. The van der Waals surface area contributed by atoms with Gasteiger partial charge in [0.05, 0.1) is 17.5 Å². The molecule has 22 heavy (non-hydrogen) atoms. The second-order valence-electron chi connectivity index (χ2n) is 5.74. The van der Waals surface area contributed by atoms with Crippen LogP contribution < -0.4 is 14.2 Å². The van der Waals surface area contributed by atoms with Crippen molar-refractivity contribution < 1.29 is 24.1 Å². The van der Waals surface area contributed by atoms with Gasteiger partial charge in [-0.05, 0) is 12.8 Å². The zero-order chi connectivity index (χ0) is 15.7. The number of halogens is 1. The summed E-state index contributed by atoms with van der Waals surface area (Å²) in [5.41, 5.74) is -0.523. The van der Waals surface area contributed by atoms with Crippen LogP contribution in [0, 0.1) is 0 Å². The van der Waals surface area contributed by atoms with Crippen molar-refractivity contribution in [2.45, 2.75) is 37.5 Å². The topological polar surface area (TPSA) is 65.0 Å². The predicted molar refractivity (Wildman–Crippen MR) is 81.4 cm³/mol. The molecule has 0 unspecified atom stereocenters. The molecule has 0 spiro atoms. The summed E-state index contributed by atoms with van der Waals surface area (Å²) in [5.74, 6) is 0.529. The third-order valence-electron chi connectivity index (χ3n) is 4.55. The summed E-state index contributed by atoms with van der Waals surface area (Å²) in [6, 6.07) is 1.67.